The number of hydrogen-bond acceptors (Lipinski definition) is 1. The van der Waals surface area contributed by atoms with Crippen LogP contribution in [0.2, 0.25) is 0 Å². The summed E-state index contributed by atoms with van der Waals surface area (Å²) < 4.78 is 26.3. The third-order valence-corrected chi connectivity index (χ3v) is 2.73. The van der Waals surface area contributed by atoms with Crippen LogP contribution in [0.4, 0.5) is 8.78 Å². The van der Waals surface area contributed by atoms with Gasteiger partial charge in [0.2, 0.25) is 0 Å². The van der Waals surface area contributed by atoms with Gasteiger partial charge in [0.05, 0.1) is 0 Å². The van der Waals surface area contributed by atoms with E-state index in [1.54, 1.807) is 0 Å². The summed E-state index contributed by atoms with van der Waals surface area (Å²) in [4.78, 5) is 0. The normalized spacial score (nSPS) is 10.6. The lowest BCUT2D eigenvalue weighted by Gasteiger charge is -2.07. The van der Waals surface area contributed by atoms with Crippen molar-refractivity contribution in [2.24, 2.45) is 0 Å². The highest BCUT2D eigenvalue weighted by Gasteiger charge is 2.03. The quantitative estimate of drug-likeness (QED) is 0.871. The van der Waals surface area contributed by atoms with Crippen LogP contribution in [0.15, 0.2) is 42.5 Å². The van der Waals surface area contributed by atoms with Gasteiger partial charge in [0.25, 0.3) is 0 Å². The lowest BCUT2D eigenvalue weighted by Crippen LogP contribution is -2.14. The monoisotopic (exact) mass is 247 g/mol. The summed E-state index contributed by atoms with van der Waals surface area (Å²) >= 11 is 0. The Morgan fingerprint density at radius 1 is 1.00 bits per heavy atom. The van der Waals surface area contributed by atoms with Crippen molar-refractivity contribution >= 4 is 0 Å². The van der Waals surface area contributed by atoms with Crippen LogP contribution >= 0.6 is 0 Å². The van der Waals surface area contributed by atoms with Gasteiger partial charge in [-0.15, -0.1) is 0 Å². The molecule has 0 atom stereocenters. The van der Waals surface area contributed by atoms with Crippen LogP contribution in [0.3, 0.4) is 0 Å². The molecule has 0 fully saturated rings. The Labute approximate surface area is 105 Å². The minimum Gasteiger partial charge on any atom is -0.309 e. The van der Waals surface area contributed by atoms with Crippen LogP contribution in [0.5, 0.6) is 0 Å². The predicted octanol–water partition coefficient (Wildman–Crippen LogP) is 3.56. The smallest absolute Gasteiger partial charge is 0.127 e. The Hall–Kier alpha value is -1.74. The Morgan fingerprint density at radius 3 is 2.61 bits per heavy atom. The fourth-order valence-electron chi connectivity index (χ4n) is 1.84. The zero-order chi connectivity index (χ0) is 13.0. The van der Waals surface area contributed by atoms with Crippen LogP contribution in [-0.4, -0.2) is 0 Å². The van der Waals surface area contributed by atoms with Crippen molar-refractivity contribution in [3.05, 3.63) is 70.8 Å². The molecule has 3 heteroatoms. The first-order chi connectivity index (χ1) is 8.65. The number of benzene rings is 2. The van der Waals surface area contributed by atoms with Gasteiger partial charge in [-0.3, -0.25) is 0 Å². The molecule has 18 heavy (non-hydrogen) atoms. The molecule has 94 valence electrons. The highest BCUT2D eigenvalue weighted by atomic mass is 19.1. The molecule has 1 nitrogen and oxygen atoms in total. The minimum atomic E-state index is -0.413. The molecule has 0 saturated carbocycles. The van der Waals surface area contributed by atoms with Gasteiger partial charge in [-0.25, -0.2) is 8.78 Å². The number of halogens is 2. The maximum Gasteiger partial charge on any atom is 0.127 e. The van der Waals surface area contributed by atoms with Gasteiger partial charge < -0.3 is 5.32 Å². The fourth-order valence-corrected chi connectivity index (χ4v) is 1.84. The van der Waals surface area contributed by atoms with Gasteiger partial charge in [-0.2, -0.15) is 0 Å². The van der Waals surface area contributed by atoms with E-state index >= 15 is 0 Å². The van der Waals surface area contributed by atoms with Crippen LogP contribution in [0.25, 0.3) is 0 Å². The number of nitrogens with one attached hydrogen (secondary N) is 1. The molecule has 2 aromatic carbocycles. The predicted molar refractivity (Wildman–Crippen MR) is 68.1 cm³/mol. The van der Waals surface area contributed by atoms with Gasteiger partial charge in [-0.05, 0) is 30.7 Å². The average Bonchev–Trinajstić information content (AvgIpc) is 2.34. The summed E-state index contributed by atoms with van der Waals surface area (Å²) in [6.07, 6.45) is 0. The van der Waals surface area contributed by atoms with Gasteiger partial charge >= 0.3 is 0 Å². The standard InChI is InChI=1S/C15H15F2N/c1-11-3-2-4-12(7-11)9-18-10-13-8-14(16)5-6-15(13)17/h2-8,18H,9-10H2,1H3. The van der Waals surface area contributed by atoms with Gasteiger partial charge in [0, 0.05) is 18.7 Å². The van der Waals surface area contributed by atoms with Crippen molar-refractivity contribution in [1.82, 2.24) is 5.32 Å². The van der Waals surface area contributed by atoms with Crippen LogP contribution < -0.4 is 5.32 Å². The fraction of sp³-hybridized carbons (Fsp3) is 0.200. The second-order valence-electron chi connectivity index (χ2n) is 4.33. The summed E-state index contributed by atoms with van der Waals surface area (Å²) in [5.74, 6) is -0.795. The molecule has 2 rings (SSSR count). The Kier molecular flexibility index (Phi) is 4.05. The summed E-state index contributed by atoms with van der Waals surface area (Å²) in [6, 6.07) is 11.6. The second kappa shape index (κ2) is 5.74. The first kappa shape index (κ1) is 12.7. The average molecular weight is 247 g/mol. The maximum atomic E-state index is 13.4. The van der Waals surface area contributed by atoms with E-state index in [4.69, 9.17) is 0 Å². The van der Waals surface area contributed by atoms with E-state index in [0.717, 1.165) is 17.7 Å². The molecule has 0 heterocycles. The first-order valence-corrected chi connectivity index (χ1v) is 5.85. The molecule has 0 bridgehead atoms. The summed E-state index contributed by atoms with van der Waals surface area (Å²) in [7, 11) is 0. The Balaban J connectivity index is 1.94. The highest BCUT2D eigenvalue weighted by Crippen LogP contribution is 2.10. The molecule has 0 spiro atoms. The molecule has 0 aliphatic carbocycles. The number of aryl methyl sites for hydroxylation is 1. The van der Waals surface area contributed by atoms with Gasteiger partial charge in [0.1, 0.15) is 11.6 Å². The molecule has 2 aromatic rings. The molecule has 0 aliphatic rings. The van der Waals surface area contributed by atoms with E-state index in [1.807, 2.05) is 25.1 Å². The molecule has 1 N–H and O–H groups in total. The molecule has 0 radical (unpaired) electrons. The maximum absolute atomic E-state index is 13.4. The van der Waals surface area contributed by atoms with E-state index in [9.17, 15) is 8.78 Å². The lowest BCUT2D eigenvalue weighted by atomic mass is 10.1. The minimum absolute atomic E-state index is 0.317. The molecule has 0 saturated heterocycles. The number of hydrogen-bond donors (Lipinski definition) is 1. The van der Waals surface area contributed by atoms with Crippen molar-refractivity contribution in [1.29, 1.82) is 0 Å². The molecule has 0 aliphatic heterocycles. The van der Waals surface area contributed by atoms with Crippen LogP contribution in [-0.2, 0) is 13.1 Å². The molecular formula is C15H15F2N. The molecule has 0 aromatic heterocycles. The topological polar surface area (TPSA) is 12.0 Å². The van der Waals surface area contributed by atoms with Gasteiger partial charge in [-0.1, -0.05) is 29.8 Å². The third-order valence-electron chi connectivity index (χ3n) is 2.73. The number of rotatable bonds is 4. The van der Waals surface area contributed by atoms with E-state index in [-0.39, 0.29) is 5.82 Å². The largest absolute Gasteiger partial charge is 0.309 e. The zero-order valence-corrected chi connectivity index (χ0v) is 10.2. The summed E-state index contributed by atoms with van der Waals surface area (Å²) in [5, 5.41) is 3.11. The van der Waals surface area contributed by atoms with E-state index in [2.05, 4.69) is 11.4 Å². The summed E-state index contributed by atoms with van der Waals surface area (Å²) in [5.41, 5.74) is 2.67. The summed E-state index contributed by atoms with van der Waals surface area (Å²) in [6.45, 7) is 2.98. The zero-order valence-electron chi connectivity index (χ0n) is 10.2. The van der Waals surface area contributed by atoms with Crippen molar-refractivity contribution in [2.45, 2.75) is 20.0 Å². The van der Waals surface area contributed by atoms with E-state index < -0.39 is 5.82 Å². The molecular weight excluding hydrogens is 232 g/mol. The van der Waals surface area contributed by atoms with Gasteiger partial charge in [0.15, 0.2) is 0 Å². The second-order valence-corrected chi connectivity index (χ2v) is 4.33. The van der Waals surface area contributed by atoms with Crippen LogP contribution in [0.1, 0.15) is 16.7 Å². The molecule has 0 amide bonds. The Bertz CT molecular complexity index is 538. The van der Waals surface area contributed by atoms with Crippen molar-refractivity contribution < 1.29 is 8.78 Å². The molecule has 0 unspecified atom stereocenters. The Morgan fingerprint density at radius 2 is 1.83 bits per heavy atom. The highest BCUT2D eigenvalue weighted by molar-refractivity contribution is 5.22. The van der Waals surface area contributed by atoms with E-state index in [1.165, 1.54) is 11.6 Å². The van der Waals surface area contributed by atoms with Crippen molar-refractivity contribution in [3.63, 3.8) is 0 Å². The first-order valence-electron chi connectivity index (χ1n) is 5.85. The van der Waals surface area contributed by atoms with Crippen molar-refractivity contribution in [2.75, 3.05) is 0 Å². The van der Waals surface area contributed by atoms with Crippen LogP contribution in [0, 0.1) is 18.6 Å². The SMILES string of the molecule is Cc1cccc(CNCc2cc(F)ccc2F)c1. The van der Waals surface area contributed by atoms with E-state index in [0.29, 0.717) is 18.7 Å². The van der Waals surface area contributed by atoms with Crippen molar-refractivity contribution in [3.8, 4) is 0 Å². The third kappa shape index (κ3) is 3.37. The lowest BCUT2D eigenvalue weighted by molar-refractivity contribution is 0.568.